The SMILES string of the molecule is CNCC1CCN(Cc2ccc(OCc3ccccc3)cc2)C1. The van der Waals surface area contributed by atoms with Gasteiger partial charge in [-0.15, -0.1) is 0 Å². The van der Waals surface area contributed by atoms with Crippen LogP contribution in [-0.2, 0) is 13.2 Å². The highest BCUT2D eigenvalue weighted by atomic mass is 16.5. The van der Waals surface area contributed by atoms with Gasteiger partial charge in [0.1, 0.15) is 12.4 Å². The Labute approximate surface area is 139 Å². The number of likely N-dealkylation sites (tertiary alicyclic amines) is 1. The molecule has 122 valence electrons. The summed E-state index contributed by atoms with van der Waals surface area (Å²) in [5, 5.41) is 3.29. The van der Waals surface area contributed by atoms with Crippen molar-refractivity contribution in [2.45, 2.75) is 19.6 Å². The molecule has 1 N–H and O–H groups in total. The maximum absolute atomic E-state index is 5.84. The molecule has 1 aliphatic rings. The Kier molecular flexibility index (Phi) is 5.67. The molecule has 0 radical (unpaired) electrons. The Morgan fingerprint density at radius 2 is 1.83 bits per heavy atom. The van der Waals surface area contributed by atoms with Crippen LogP contribution in [-0.4, -0.2) is 31.6 Å². The summed E-state index contributed by atoms with van der Waals surface area (Å²) in [6.07, 6.45) is 1.30. The van der Waals surface area contributed by atoms with Crippen molar-refractivity contribution in [1.29, 1.82) is 0 Å². The molecule has 3 nitrogen and oxygen atoms in total. The molecule has 1 unspecified atom stereocenters. The van der Waals surface area contributed by atoms with E-state index in [1.54, 1.807) is 0 Å². The first kappa shape index (κ1) is 16.0. The van der Waals surface area contributed by atoms with Gasteiger partial charge in [0.25, 0.3) is 0 Å². The Hall–Kier alpha value is -1.84. The third kappa shape index (κ3) is 4.81. The first-order valence-corrected chi connectivity index (χ1v) is 8.46. The fraction of sp³-hybridized carbons (Fsp3) is 0.400. The third-order valence-corrected chi connectivity index (χ3v) is 4.44. The van der Waals surface area contributed by atoms with E-state index in [4.69, 9.17) is 4.74 Å². The number of ether oxygens (including phenoxy) is 1. The fourth-order valence-corrected chi connectivity index (χ4v) is 3.20. The summed E-state index contributed by atoms with van der Waals surface area (Å²) in [6, 6.07) is 18.8. The largest absolute Gasteiger partial charge is 0.489 e. The van der Waals surface area contributed by atoms with E-state index < -0.39 is 0 Å². The molecule has 1 atom stereocenters. The molecule has 0 saturated carbocycles. The molecule has 3 rings (SSSR count). The summed E-state index contributed by atoms with van der Waals surface area (Å²) in [7, 11) is 2.04. The van der Waals surface area contributed by atoms with Crippen LogP contribution in [0.1, 0.15) is 17.5 Å². The number of hydrogen-bond acceptors (Lipinski definition) is 3. The van der Waals surface area contributed by atoms with Gasteiger partial charge in [0.2, 0.25) is 0 Å². The van der Waals surface area contributed by atoms with Crippen molar-refractivity contribution in [3.63, 3.8) is 0 Å². The van der Waals surface area contributed by atoms with E-state index in [1.165, 1.54) is 30.6 Å². The predicted octanol–water partition coefficient (Wildman–Crippen LogP) is 3.31. The number of nitrogens with one attached hydrogen (secondary N) is 1. The molecule has 2 aromatic rings. The van der Waals surface area contributed by atoms with Gasteiger partial charge in [-0.25, -0.2) is 0 Å². The topological polar surface area (TPSA) is 24.5 Å². The molecule has 0 aliphatic carbocycles. The molecule has 0 bridgehead atoms. The van der Waals surface area contributed by atoms with E-state index in [-0.39, 0.29) is 0 Å². The molecule has 3 heteroatoms. The molecule has 1 aliphatic heterocycles. The van der Waals surface area contributed by atoms with Crippen molar-refractivity contribution in [2.75, 3.05) is 26.7 Å². The Balaban J connectivity index is 1.47. The van der Waals surface area contributed by atoms with Crippen molar-refractivity contribution in [2.24, 2.45) is 5.92 Å². The van der Waals surface area contributed by atoms with Crippen LogP contribution in [0.25, 0.3) is 0 Å². The average molecular weight is 310 g/mol. The average Bonchev–Trinajstić information content (AvgIpc) is 3.03. The number of benzene rings is 2. The molecule has 2 aromatic carbocycles. The van der Waals surface area contributed by atoms with Gasteiger partial charge in [0.05, 0.1) is 0 Å². The van der Waals surface area contributed by atoms with Crippen molar-refractivity contribution >= 4 is 0 Å². The lowest BCUT2D eigenvalue weighted by Crippen LogP contribution is -2.24. The minimum absolute atomic E-state index is 0.623. The van der Waals surface area contributed by atoms with Gasteiger partial charge < -0.3 is 10.1 Å². The lowest BCUT2D eigenvalue weighted by atomic mass is 10.1. The first-order valence-electron chi connectivity index (χ1n) is 8.46. The van der Waals surface area contributed by atoms with Crippen molar-refractivity contribution < 1.29 is 4.74 Å². The van der Waals surface area contributed by atoms with Crippen molar-refractivity contribution in [1.82, 2.24) is 10.2 Å². The highest BCUT2D eigenvalue weighted by molar-refractivity contribution is 5.28. The Bertz CT molecular complexity index is 582. The third-order valence-electron chi connectivity index (χ3n) is 4.44. The van der Waals surface area contributed by atoms with Gasteiger partial charge >= 0.3 is 0 Å². The van der Waals surface area contributed by atoms with E-state index in [0.717, 1.165) is 24.8 Å². The minimum Gasteiger partial charge on any atom is -0.489 e. The summed E-state index contributed by atoms with van der Waals surface area (Å²) in [4.78, 5) is 2.54. The zero-order chi connectivity index (χ0) is 15.9. The second kappa shape index (κ2) is 8.14. The second-order valence-corrected chi connectivity index (χ2v) is 6.37. The zero-order valence-corrected chi connectivity index (χ0v) is 13.9. The molecule has 0 spiro atoms. The minimum atomic E-state index is 0.623. The fourth-order valence-electron chi connectivity index (χ4n) is 3.20. The highest BCUT2D eigenvalue weighted by Crippen LogP contribution is 2.20. The summed E-state index contributed by atoms with van der Waals surface area (Å²) in [6.45, 7) is 5.20. The van der Waals surface area contributed by atoms with Crippen molar-refractivity contribution in [3.8, 4) is 5.75 Å². The molecule has 23 heavy (non-hydrogen) atoms. The Morgan fingerprint density at radius 1 is 1.04 bits per heavy atom. The second-order valence-electron chi connectivity index (χ2n) is 6.37. The van der Waals surface area contributed by atoms with Crippen LogP contribution in [0, 0.1) is 5.92 Å². The van der Waals surface area contributed by atoms with Crippen LogP contribution >= 0.6 is 0 Å². The molecule has 0 aromatic heterocycles. The lowest BCUT2D eigenvalue weighted by Gasteiger charge is -2.16. The van der Waals surface area contributed by atoms with E-state index >= 15 is 0 Å². The maximum Gasteiger partial charge on any atom is 0.119 e. The number of rotatable bonds is 7. The predicted molar refractivity (Wildman–Crippen MR) is 94.5 cm³/mol. The van der Waals surface area contributed by atoms with Gasteiger partial charge in [-0.05, 0) is 55.7 Å². The monoisotopic (exact) mass is 310 g/mol. The van der Waals surface area contributed by atoms with Crippen LogP contribution < -0.4 is 10.1 Å². The van der Waals surface area contributed by atoms with Gasteiger partial charge in [-0.2, -0.15) is 0 Å². The van der Waals surface area contributed by atoms with Crippen molar-refractivity contribution in [3.05, 3.63) is 65.7 Å². The smallest absolute Gasteiger partial charge is 0.119 e. The lowest BCUT2D eigenvalue weighted by molar-refractivity contribution is 0.304. The quantitative estimate of drug-likeness (QED) is 0.849. The van der Waals surface area contributed by atoms with E-state index in [1.807, 2.05) is 25.2 Å². The van der Waals surface area contributed by atoms with Gasteiger partial charge in [0.15, 0.2) is 0 Å². The van der Waals surface area contributed by atoms with Crippen LogP contribution in [0.15, 0.2) is 54.6 Å². The molecular weight excluding hydrogens is 284 g/mol. The summed E-state index contributed by atoms with van der Waals surface area (Å²) in [5.74, 6) is 1.74. The van der Waals surface area contributed by atoms with E-state index in [0.29, 0.717) is 6.61 Å². The van der Waals surface area contributed by atoms with E-state index in [9.17, 15) is 0 Å². The summed E-state index contributed by atoms with van der Waals surface area (Å²) in [5.41, 5.74) is 2.56. The summed E-state index contributed by atoms with van der Waals surface area (Å²) >= 11 is 0. The van der Waals surface area contributed by atoms with Crippen LogP contribution in [0.5, 0.6) is 5.75 Å². The maximum atomic E-state index is 5.84. The van der Waals surface area contributed by atoms with Gasteiger partial charge in [0, 0.05) is 13.1 Å². The van der Waals surface area contributed by atoms with Gasteiger partial charge in [-0.3, -0.25) is 4.90 Å². The highest BCUT2D eigenvalue weighted by Gasteiger charge is 2.21. The number of nitrogens with zero attached hydrogens (tertiary/aromatic N) is 1. The Morgan fingerprint density at radius 3 is 2.57 bits per heavy atom. The van der Waals surface area contributed by atoms with Crippen LogP contribution in [0.3, 0.4) is 0 Å². The number of hydrogen-bond donors (Lipinski definition) is 1. The zero-order valence-electron chi connectivity index (χ0n) is 13.9. The van der Waals surface area contributed by atoms with E-state index in [2.05, 4.69) is 46.6 Å². The van der Waals surface area contributed by atoms with Crippen LogP contribution in [0.4, 0.5) is 0 Å². The van der Waals surface area contributed by atoms with Crippen LogP contribution in [0.2, 0.25) is 0 Å². The molecule has 1 fully saturated rings. The normalized spacial score (nSPS) is 18.2. The molecular formula is C20H26N2O. The standard InChI is InChI=1S/C20H26N2O/c1-21-13-19-11-12-22(15-19)14-17-7-9-20(10-8-17)23-16-18-5-3-2-4-6-18/h2-10,19,21H,11-16H2,1H3. The first-order chi connectivity index (χ1) is 11.3. The molecule has 1 saturated heterocycles. The summed E-state index contributed by atoms with van der Waals surface area (Å²) < 4.78 is 5.84. The molecule has 1 heterocycles. The van der Waals surface area contributed by atoms with Gasteiger partial charge in [-0.1, -0.05) is 42.5 Å². The molecule has 0 amide bonds.